The van der Waals surface area contributed by atoms with Crippen molar-refractivity contribution in [3.05, 3.63) is 81.3 Å². The normalized spacial score (nSPS) is 11.8. The van der Waals surface area contributed by atoms with Crippen LogP contribution in [-0.4, -0.2) is 15.9 Å². The van der Waals surface area contributed by atoms with Gasteiger partial charge in [-0.15, -0.1) is 13.2 Å². The lowest BCUT2D eigenvalue weighted by atomic mass is 10.2. The van der Waals surface area contributed by atoms with Crippen LogP contribution in [0.15, 0.2) is 65.8 Å². The highest BCUT2D eigenvalue weighted by molar-refractivity contribution is 7.98. The van der Waals surface area contributed by atoms with Crippen LogP contribution in [0.4, 0.5) is 13.2 Å². The first-order valence-corrected chi connectivity index (χ1v) is 10.9. The summed E-state index contributed by atoms with van der Waals surface area (Å²) in [5.74, 6) is 0.300. The number of nitrogens with zero attached hydrogens (tertiary/aromatic N) is 2. The third-order valence-electron chi connectivity index (χ3n) is 4.28. The minimum Gasteiger partial charge on any atom is -0.406 e. The average molecular weight is 504 g/mol. The molecular weight excluding hydrogens is 492 g/mol. The molecule has 160 valence electrons. The Bertz CT molecular complexity index is 1230. The zero-order valence-corrected chi connectivity index (χ0v) is 18.5. The molecule has 4 rings (SSSR count). The molecule has 1 aromatic heterocycles. The van der Waals surface area contributed by atoms with Crippen LogP contribution in [0.5, 0.6) is 5.75 Å². The van der Waals surface area contributed by atoms with E-state index in [4.69, 9.17) is 34.8 Å². The van der Waals surface area contributed by atoms with Crippen LogP contribution in [0.25, 0.3) is 16.7 Å². The lowest BCUT2D eigenvalue weighted by Crippen LogP contribution is -2.17. The van der Waals surface area contributed by atoms with E-state index in [-0.39, 0.29) is 5.75 Å². The first-order valence-electron chi connectivity index (χ1n) is 8.80. The van der Waals surface area contributed by atoms with E-state index in [2.05, 4.69) is 9.72 Å². The van der Waals surface area contributed by atoms with Gasteiger partial charge in [-0.05, 0) is 54.1 Å². The molecule has 0 fully saturated rings. The third-order valence-corrected chi connectivity index (χ3v) is 6.26. The van der Waals surface area contributed by atoms with Gasteiger partial charge < -0.3 is 4.74 Å². The summed E-state index contributed by atoms with van der Waals surface area (Å²) in [6.45, 7) is 0. The third kappa shape index (κ3) is 5.23. The van der Waals surface area contributed by atoms with E-state index < -0.39 is 6.36 Å². The fraction of sp³-hybridized carbons (Fsp3) is 0.0952. The summed E-state index contributed by atoms with van der Waals surface area (Å²) >= 11 is 19.8. The Kier molecular flexibility index (Phi) is 6.30. The number of ether oxygens (including phenoxy) is 1. The lowest BCUT2D eigenvalue weighted by Gasteiger charge is -2.12. The smallest absolute Gasteiger partial charge is 0.406 e. The van der Waals surface area contributed by atoms with Crippen molar-refractivity contribution in [1.29, 1.82) is 0 Å². The summed E-state index contributed by atoms with van der Waals surface area (Å²) in [6, 6.07) is 16.3. The van der Waals surface area contributed by atoms with Crippen LogP contribution >= 0.6 is 46.6 Å². The Labute approximate surface area is 194 Å². The Hall–Kier alpha value is -2.06. The van der Waals surface area contributed by atoms with Crippen molar-refractivity contribution in [2.45, 2.75) is 17.3 Å². The summed E-state index contributed by atoms with van der Waals surface area (Å²) < 4.78 is 43.2. The Morgan fingerprint density at radius 2 is 1.55 bits per heavy atom. The number of aromatic nitrogens is 2. The standard InChI is InChI=1S/C21H12Cl3F3N2OS/c22-13-3-1-12(2-4-13)11-31-20-28-18-9-16(23)17(24)10-19(18)29(20)14-5-7-15(8-6-14)30-21(25,26)27/h1-10H,11H2. The highest BCUT2D eigenvalue weighted by atomic mass is 35.5. The van der Waals surface area contributed by atoms with E-state index in [9.17, 15) is 13.2 Å². The van der Waals surface area contributed by atoms with E-state index in [1.165, 1.54) is 36.0 Å². The van der Waals surface area contributed by atoms with E-state index in [1.54, 1.807) is 24.3 Å². The minimum absolute atomic E-state index is 0.308. The molecule has 0 aliphatic carbocycles. The second-order valence-corrected chi connectivity index (χ2v) is 8.63. The van der Waals surface area contributed by atoms with Crippen molar-refractivity contribution in [1.82, 2.24) is 9.55 Å². The molecule has 0 aliphatic rings. The second kappa shape index (κ2) is 8.82. The molecule has 0 aliphatic heterocycles. The molecule has 0 unspecified atom stereocenters. The summed E-state index contributed by atoms with van der Waals surface area (Å²) in [6.07, 6.45) is -4.76. The number of halogens is 6. The molecule has 0 radical (unpaired) electrons. The van der Waals surface area contributed by atoms with E-state index >= 15 is 0 Å². The number of alkyl halides is 3. The van der Waals surface area contributed by atoms with Crippen molar-refractivity contribution < 1.29 is 17.9 Å². The SMILES string of the molecule is FC(F)(F)Oc1ccc(-n2c(SCc3ccc(Cl)cc3)nc3cc(Cl)c(Cl)cc32)cc1. The van der Waals surface area contributed by atoms with E-state index in [0.717, 1.165) is 5.56 Å². The molecule has 0 bridgehead atoms. The first-order chi connectivity index (χ1) is 14.7. The molecule has 4 aromatic rings. The highest BCUT2D eigenvalue weighted by Gasteiger charge is 2.31. The molecular formula is C21H12Cl3F3N2OS. The maximum Gasteiger partial charge on any atom is 0.573 e. The van der Waals surface area contributed by atoms with Gasteiger partial charge in [0.25, 0.3) is 0 Å². The Morgan fingerprint density at radius 3 is 2.19 bits per heavy atom. The van der Waals surface area contributed by atoms with Crippen LogP contribution in [0.1, 0.15) is 5.56 Å². The fourth-order valence-corrected chi connectivity index (χ4v) is 4.35. The van der Waals surface area contributed by atoms with Crippen LogP contribution in [0, 0.1) is 0 Å². The number of thioether (sulfide) groups is 1. The fourth-order valence-electron chi connectivity index (χ4n) is 2.92. The molecule has 0 N–H and O–H groups in total. The molecule has 3 aromatic carbocycles. The maximum atomic E-state index is 12.5. The zero-order valence-electron chi connectivity index (χ0n) is 15.5. The van der Waals surface area contributed by atoms with Gasteiger partial charge in [0.05, 0.1) is 21.1 Å². The predicted octanol–water partition coefficient (Wildman–Crippen LogP) is 8.18. The van der Waals surface area contributed by atoms with Gasteiger partial charge in [-0.25, -0.2) is 4.98 Å². The van der Waals surface area contributed by atoms with Gasteiger partial charge in [0.2, 0.25) is 0 Å². The number of hydrogen-bond acceptors (Lipinski definition) is 3. The summed E-state index contributed by atoms with van der Waals surface area (Å²) in [5, 5.41) is 1.99. The summed E-state index contributed by atoms with van der Waals surface area (Å²) in [5.41, 5.74) is 2.94. The average Bonchev–Trinajstić information content (AvgIpc) is 3.04. The molecule has 0 spiro atoms. The molecule has 0 saturated heterocycles. The van der Waals surface area contributed by atoms with Gasteiger partial charge in [-0.2, -0.15) is 0 Å². The molecule has 0 amide bonds. The monoisotopic (exact) mass is 502 g/mol. The van der Waals surface area contributed by atoms with E-state index in [0.29, 0.717) is 42.7 Å². The largest absolute Gasteiger partial charge is 0.573 e. The zero-order chi connectivity index (χ0) is 22.2. The highest BCUT2D eigenvalue weighted by Crippen LogP contribution is 2.35. The van der Waals surface area contributed by atoms with E-state index in [1.807, 2.05) is 16.7 Å². The molecule has 0 saturated carbocycles. The van der Waals surface area contributed by atoms with Crippen LogP contribution < -0.4 is 4.74 Å². The summed E-state index contributed by atoms with van der Waals surface area (Å²) in [4.78, 5) is 4.65. The quantitative estimate of drug-likeness (QED) is 0.257. The molecule has 0 atom stereocenters. The van der Waals surface area contributed by atoms with Gasteiger partial charge in [0.15, 0.2) is 5.16 Å². The van der Waals surface area contributed by atoms with Gasteiger partial charge in [0, 0.05) is 16.5 Å². The van der Waals surface area contributed by atoms with Crippen molar-refractivity contribution in [3.8, 4) is 11.4 Å². The van der Waals surface area contributed by atoms with Crippen molar-refractivity contribution in [2.24, 2.45) is 0 Å². The molecule has 10 heteroatoms. The number of fused-ring (bicyclic) bond motifs is 1. The summed E-state index contributed by atoms with van der Waals surface area (Å²) in [7, 11) is 0. The topological polar surface area (TPSA) is 27.1 Å². The first kappa shape index (κ1) is 22.1. The van der Waals surface area contributed by atoms with Gasteiger partial charge in [-0.3, -0.25) is 4.57 Å². The van der Waals surface area contributed by atoms with Gasteiger partial charge in [-0.1, -0.05) is 58.7 Å². The van der Waals surface area contributed by atoms with Crippen LogP contribution in [0.3, 0.4) is 0 Å². The molecule has 1 heterocycles. The number of hydrogen-bond donors (Lipinski definition) is 0. The lowest BCUT2D eigenvalue weighted by molar-refractivity contribution is -0.274. The Balaban J connectivity index is 1.73. The predicted molar refractivity (Wildman–Crippen MR) is 119 cm³/mol. The molecule has 3 nitrogen and oxygen atoms in total. The second-order valence-electron chi connectivity index (χ2n) is 6.44. The van der Waals surface area contributed by atoms with Gasteiger partial charge in [0.1, 0.15) is 5.75 Å². The number of rotatable bonds is 5. The van der Waals surface area contributed by atoms with Crippen molar-refractivity contribution >= 4 is 57.6 Å². The Morgan fingerprint density at radius 1 is 0.903 bits per heavy atom. The maximum absolute atomic E-state index is 12.5. The van der Waals surface area contributed by atoms with Crippen molar-refractivity contribution in [3.63, 3.8) is 0 Å². The van der Waals surface area contributed by atoms with Crippen LogP contribution in [0.2, 0.25) is 15.1 Å². The number of benzene rings is 3. The van der Waals surface area contributed by atoms with Crippen molar-refractivity contribution in [2.75, 3.05) is 0 Å². The minimum atomic E-state index is -4.76. The van der Waals surface area contributed by atoms with Gasteiger partial charge >= 0.3 is 6.36 Å². The van der Waals surface area contributed by atoms with Crippen LogP contribution in [-0.2, 0) is 5.75 Å². The number of imidazole rings is 1. The molecule has 31 heavy (non-hydrogen) atoms.